The van der Waals surface area contributed by atoms with Gasteiger partial charge in [0.15, 0.2) is 0 Å². The first-order valence-corrected chi connectivity index (χ1v) is 7.61. The molecule has 5 nitrogen and oxygen atoms in total. The Kier molecular flexibility index (Phi) is 6.45. The number of hydrogen-bond acceptors (Lipinski definition) is 5. The Hall–Kier alpha value is -1.14. The lowest BCUT2D eigenvalue weighted by molar-refractivity contribution is -0.0784. The van der Waals surface area contributed by atoms with Gasteiger partial charge in [0.25, 0.3) is 0 Å². The fourth-order valence-corrected chi connectivity index (χ4v) is 2.52. The third-order valence-electron chi connectivity index (χ3n) is 3.83. The van der Waals surface area contributed by atoms with Crippen LogP contribution in [0.1, 0.15) is 18.9 Å². The van der Waals surface area contributed by atoms with Crippen molar-refractivity contribution in [2.75, 3.05) is 32.9 Å². The molecule has 0 amide bonds. The summed E-state index contributed by atoms with van der Waals surface area (Å²) in [5.41, 5.74) is 6.70. The van der Waals surface area contributed by atoms with E-state index in [2.05, 4.69) is 11.8 Å². The molecule has 0 aliphatic carbocycles. The lowest BCUT2D eigenvalue weighted by atomic mass is 10.2. The van der Waals surface area contributed by atoms with Crippen LogP contribution in [0.25, 0.3) is 0 Å². The van der Waals surface area contributed by atoms with Crippen LogP contribution in [0.5, 0.6) is 5.75 Å². The van der Waals surface area contributed by atoms with Crippen molar-refractivity contribution >= 4 is 0 Å². The van der Waals surface area contributed by atoms with Crippen LogP contribution in [0, 0.1) is 0 Å². The molecule has 1 aliphatic heterocycles. The Morgan fingerprint density at radius 1 is 1.48 bits per heavy atom. The van der Waals surface area contributed by atoms with Crippen molar-refractivity contribution in [3.63, 3.8) is 0 Å². The van der Waals surface area contributed by atoms with Crippen molar-refractivity contribution in [1.29, 1.82) is 0 Å². The molecular weight excluding hydrogens is 268 g/mol. The minimum Gasteiger partial charge on any atom is -0.494 e. The second-order valence-corrected chi connectivity index (χ2v) is 5.54. The molecule has 0 saturated carbocycles. The summed E-state index contributed by atoms with van der Waals surface area (Å²) in [5.74, 6) is 0.876. The monoisotopic (exact) mass is 294 g/mol. The van der Waals surface area contributed by atoms with E-state index < -0.39 is 0 Å². The highest BCUT2D eigenvalue weighted by Gasteiger charge is 2.24. The van der Waals surface area contributed by atoms with E-state index >= 15 is 0 Å². The topological polar surface area (TPSA) is 68.0 Å². The zero-order valence-electron chi connectivity index (χ0n) is 12.7. The summed E-state index contributed by atoms with van der Waals surface area (Å²) in [6.07, 6.45) is 0.901. The SMILES string of the molecule is CC1COC(CO)CN1CCCOc1cccc(CN)c1. The van der Waals surface area contributed by atoms with Gasteiger partial charge >= 0.3 is 0 Å². The maximum atomic E-state index is 9.18. The zero-order valence-corrected chi connectivity index (χ0v) is 12.7. The molecule has 3 N–H and O–H groups in total. The highest BCUT2D eigenvalue weighted by Crippen LogP contribution is 2.14. The number of rotatable bonds is 7. The molecule has 1 aromatic rings. The van der Waals surface area contributed by atoms with E-state index in [0.717, 1.165) is 30.8 Å². The molecule has 1 aromatic carbocycles. The van der Waals surface area contributed by atoms with Gasteiger partial charge in [-0.05, 0) is 31.0 Å². The average molecular weight is 294 g/mol. The summed E-state index contributed by atoms with van der Waals surface area (Å²) in [6, 6.07) is 8.30. The van der Waals surface area contributed by atoms with Crippen LogP contribution in [0.3, 0.4) is 0 Å². The minimum atomic E-state index is -0.0524. The van der Waals surface area contributed by atoms with Crippen LogP contribution in [-0.4, -0.2) is 55.1 Å². The number of hydrogen-bond donors (Lipinski definition) is 2. The summed E-state index contributed by atoms with van der Waals surface area (Å²) >= 11 is 0. The summed E-state index contributed by atoms with van der Waals surface area (Å²) < 4.78 is 11.3. The number of aliphatic hydroxyl groups is 1. The highest BCUT2D eigenvalue weighted by molar-refractivity contribution is 5.28. The van der Waals surface area contributed by atoms with Crippen LogP contribution in [0.4, 0.5) is 0 Å². The Labute approximate surface area is 126 Å². The van der Waals surface area contributed by atoms with E-state index in [1.165, 1.54) is 0 Å². The van der Waals surface area contributed by atoms with Gasteiger partial charge < -0.3 is 20.3 Å². The van der Waals surface area contributed by atoms with Crippen molar-refractivity contribution in [1.82, 2.24) is 4.90 Å². The summed E-state index contributed by atoms with van der Waals surface area (Å²) in [7, 11) is 0. The van der Waals surface area contributed by atoms with Crippen LogP contribution < -0.4 is 10.5 Å². The second kappa shape index (κ2) is 8.34. The first-order valence-electron chi connectivity index (χ1n) is 7.61. The van der Waals surface area contributed by atoms with Gasteiger partial charge in [-0.2, -0.15) is 0 Å². The molecule has 0 aromatic heterocycles. The van der Waals surface area contributed by atoms with Gasteiger partial charge in [-0.1, -0.05) is 12.1 Å². The normalized spacial score (nSPS) is 23.2. The van der Waals surface area contributed by atoms with Gasteiger partial charge in [0.2, 0.25) is 0 Å². The number of ether oxygens (including phenoxy) is 2. The third-order valence-corrected chi connectivity index (χ3v) is 3.83. The molecule has 1 fully saturated rings. The quantitative estimate of drug-likeness (QED) is 0.734. The lowest BCUT2D eigenvalue weighted by Gasteiger charge is -2.37. The zero-order chi connectivity index (χ0) is 15.1. The summed E-state index contributed by atoms with van der Waals surface area (Å²) in [4.78, 5) is 2.35. The van der Waals surface area contributed by atoms with Gasteiger partial charge in [-0.25, -0.2) is 0 Å². The standard InChI is InChI=1S/C16H26N2O3/c1-13-12-21-16(11-19)10-18(13)6-3-7-20-15-5-2-4-14(8-15)9-17/h2,4-5,8,13,16,19H,3,6-7,9-12,17H2,1H3. The van der Waals surface area contributed by atoms with Gasteiger partial charge in [-0.3, -0.25) is 4.90 Å². The molecular formula is C16H26N2O3. The number of nitrogens with two attached hydrogens (primary N) is 1. The van der Waals surface area contributed by atoms with E-state index in [9.17, 15) is 5.11 Å². The van der Waals surface area contributed by atoms with Crippen LogP contribution >= 0.6 is 0 Å². The van der Waals surface area contributed by atoms with Gasteiger partial charge in [0, 0.05) is 25.7 Å². The summed E-state index contributed by atoms with van der Waals surface area (Å²) in [5, 5.41) is 9.18. The first-order chi connectivity index (χ1) is 10.2. The van der Waals surface area contributed by atoms with Crippen molar-refractivity contribution in [2.45, 2.75) is 32.0 Å². The van der Waals surface area contributed by atoms with Gasteiger partial charge in [-0.15, -0.1) is 0 Å². The molecule has 1 saturated heterocycles. The Bertz CT molecular complexity index is 428. The van der Waals surface area contributed by atoms with Crippen molar-refractivity contribution in [3.05, 3.63) is 29.8 Å². The number of morpholine rings is 1. The number of nitrogens with zero attached hydrogens (tertiary/aromatic N) is 1. The maximum Gasteiger partial charge on any atom is 0.119 e. The number of aliphatic hydroxyl groups excluding tert-OH is 1. The van der Waals surface area contributed by atoms with Crippen LogP contribution in [0.2, 0.25) is 0 Å². The van der Waals surface area contributed by atoms with Crippen molar-refractivity contribution < 1.29 is 14.6 Å². The predicted molar refractivity (Wildman–Crippen MR) is 82.3 cm³/mol. The molecule has 21 heavy (non-hydrogen) atoms. The Morgan fingerprint density at radius 2 is 2.33 bits per heavy atom. The molecule has 5 heteroatoms. The van der Waals surface area contributed by atoms with E-state index in [4.69, 9.17) is 15.2 Å². The molecule has 2 unspecified atom stereocenters. The second-order valence-electron chi connectivity index (χ2n) is 5.54. The first kappa shape index (κ1) is 16.2. The molecule has 1 aliphatic rings. The summed E-state index contributed by atoms with van der Waals surface area (Å²) in [6.45, 7) is 5.89. The van der Waals surface area contributed by atoms with E-state index in [0.29, 0.717) is 25.8 Å². The molecule has 118 valence electrons. The van der Waals surface area contributed by atoms with Gasteiger partial charge in [0.05, 0.1) is 25.9 Å². The van der Waals surface area contributed by atoms with Crippen molar-refractivity contribution in [2.24, 2.45) is 5.73 Å². The molecule has 0 spiro atoms. The highest BCUT2D eigenvalue weighted by atomic mass is 16.5. The fraction of sp³-hybridized carbons (Fsp3) is 0.625. The van der Waals surface area contributed by atoms with E-state index in [1.54, 1.807) is 0 Å². The molecule has 0 bridgehead atoms. The van der Waals surface area contributed by atoms with Gasteiger partial charge in [0.1, 0.15) is 5.75 Å². The molecule has 2 rings (SSSR count). The smallest absolute Gasteiger partial charge is 0.119 e. The lowest BCUT2D eigenvalue weighted by Crippen LogP contribution is -2.49. The number of benzene rings is 1. The predicted octanol–water partition coefficient (Wildman–Crippen LogP) is 0.996. The average Bonchev–Trinajstić information content (AvgIpc) is 2.53. The Balaban J connectivity index is 1.71. The Morgan fingerprint density at radius 3 is 3.10 bits per heavy atom. The fourth-order valence-electron chi connectivity index (χ4n) is 2.52. The van der Waals surface area contributed by atoms with Crippen LogP contribution in [0.15, 0.2) is 24.3 Å². The van der Waals surface area contributed by atoms with Crippen LogP contribution in [-0.2, 0) is 11.3 Å². The third kappa shape index (κ3) is 4.97. The maximum absolute atomic E-state index is 9.18. The molecule has 1 heterocycles. The molecule has 2 atom stereocenters. The van der Waals surface area contributed by atoms with Crippen molar-refractivity contribution in [3.8, 4) is 5.75 Å². The molecule has 0 radical (unpaired) electrons. The minimum absolute atomic E-state index is 0.0524. The van der Waals surface area contributed by atoms with E-state index in [-0.39, 0.29) is 12.7 Å². The van der Waals surface area contributed by atoms with E-state index in [1.807, 2.05) is 24.3 Å². The largest absolute Gasteiger partial charge is 0.494 e.